The van der Waals surface area contributed by atoms with E-state index in [1.54, 1.807) is 11.2 Å². The molecule has 0 unspecified atom stereocenters. The number of aromatic nitrogens is 2. The molecule has 0 spiro atoms. The number of ether oxygens (including phenoxy) is 1. The summed E-state index contributed by atoms with van der Waals surface area (Å²) in [6, 6.07) is 11.8. The van der Waals surface area contributed by atoms with Gasteiger partial charge >= 0.3 is 6.09 Å². The molecule has 1 aromatic carbocycles. The average Bonchev–Trinajstić information content (AvgIpc) is 2.79. The highest BCUT2D eigenvalue weighted by Gasteiger charge is 2.23. The summed E-state index contributed by atoms with van der Waals surface area (Å²) in [6.07, 6.45) is 5.16. The Morgan fingerprint density at radius 1 is 0.857 bits per heavy atom. The molecule has 1 aromatic heterocycles. The van der Waals surface area contributed by atoms with Gasteiger partial charge in [-0.2, -0.15) is 0 Å². The van der Waals surface area contributed by atoms with Crippen molar-refractivity contribution in [1.82, 2.24) is 14.9 Å². The van der Waals surface area contributed by atoms with E-state index in [4.69, 9.17) is 4.74 Å². The molecule has 7 nitrogen and oxygen atoms in total. The van der Waals surface area contributed by atoms with Crippen LogP contribution in [0.5, 0.6) is 0 Å². The number of piperazine rings is 1. The lowest BCUT2D eigenvalue weighted by Gasteiger charge is -2.35. The number of anilines is 2. The van der Waals surface area contributed by atoms with Crippen molar-refractivity contribution in [2.24, 2.45) is 0 Å². The fourth-order valence-corrected chi connectivity index (χ4v) is 3.73. The number of carbonyl (C=O) groups is 1. The molecule has 2 aliphatic rings. The standard InChI is InChI=1S/C21H27N5O2/c27-21(28-16-18-7-3-1-4-8-18)26-13-11-25(12-14-26)20-15-19(22-17-23-20)24-9-5-2-6-10-24/h1,3-4,7-8,15,17H,2,5-6,9-14,16H2. The molecule has 4 rings (SSSR count). The van der Waals surface area contributed by atoms with Gasteiger partial charge in [0.15, 0.2) is 0 Å². The lowest BCUT2D eigenvalue weighted by molar-refractivity contribution is 0.0941. The largest absolute Gasteiger partial charge is 0.445 e. The van der Waals surface area contributed by atoms with E-state index in [0.29, 0.717) is 19.7 Å². The number of hydrogen-bond donors (Lipinski definition) is 0. The summed E-state index contributed by atoms with van der Waals surface area (Å²) >= 11 is 0. The van der Waals surface area contributed by atoms with Crippen LogP contribution >= 0.6 is 0 Å². The maximum atomic E-state index is 12.3. The minimum absolute atomic E-state index is 0.250. The van der Waals surface area contributed by atoms with E-state index in [0.717, 1.165) is 43.4 Å². The van der Waals surface area contributed by atoms with E-state index in [2.05, 4.69) is 25.8 Å². The van der Waals surface area contributed by atoms with Crippen LogP contribution < -0.4 is 9.80 Å². The van der Waals surface area contributed by atoms with Gasteiger partial charge in [-0.05, 0) is 24.8 Å². The zero-order valence-corrected chi connectivity index (χ0v) is 16.2. The van der Waals surface area contributed by atoms with Gasteiger partial charge in [0.1, 0.15) is 24.6 Å². The van der Waals surface area contributed by atoms with Gasteiger partial charge in [0, 0.05) is 45.3 Å². The molecule has 3 heterocycles. The van der Waals surface area contributed by atoms with Crippen molar-refractivity contribution < 1.29 is 9.53 Å². The van der Waals surface area contributed by atoms with E-state index in [9.17, 15) is 4.79 Å². The molecule has 2 fully saturated rings. The predicted molar refractivity (Wildman–Crippen MR) is 109 cm³/mol. The van der Waals surface area contributed by atoms with E-state index in [-0.39, 0.29) is 6.09 Å². The minimum atomic E-state index is -0.250. The average molecular weight is 381 g/mol. The fraction of sp³-hybridized carbons (Fsp3) is 0.476. The van der Waals surface area contributed by atoms with Gasteiger partial charge in [-0.15, -0.1) is 0 Å². The summed E-state index contributed by atoms with van der Waals surface area (Å²) in [6.45, 7) is 5.21. The lowest BCUT2D eigenvalue weighted by Crippen LogP contribution is -2.49. The highest BCUT2D eigenvalue weighted by molar-refractivity contribution is 5.68. The topological polar surface area (TPSA) is 61.8 Å². The summed E-state index contributed by atoms with van der Waals surface area (Å²) in [5.41, 5.74) is 1.00. The van der Waals surface area contributed by atoms with Crippen LogP contribution in [0.15, 0.2) is 42.7 Å². The second-order valence-electron chi connectivity index (χ2n) is 7.30. The number of nitrogens with zero attached hydrogens (tertiary/aromatic N) is 5. The molecule has 0 bridgehead atoms. The first kappa shape index (κ1) is 18.5. The molecule has 7 heteroatoms. The molecule has 0 saturated carbocycles. The molecule has 0 aliphatic carbocycles. The van der Waals surface area contributed by atoms with Gasteiger partial charge in [0.2, 0.25) is 0 Å². The van der Waals surface area contributed by atoms with Gasteiger partial charge in [-0.1, -0.05) is 30.3 Å². The van der Waals surface area contributed by atoms with E-state index in [1.807, 2.05) is 30.3 Å². The first-order valence-corrected chi connectivity index (χ1v) is 10.1. The Morgan fingerprint density at radius 2 is 1.50 bits per heavy atom. The Kier molecular flexibility index (Phi) is 5.89. The SMILES string of the molecule is O=C(OCc1ccccc1)N1CCN(c2cc(N3CCCCC3)ncn2)CC1. The van der Waals surface area contributed by atoms with Crippen LogP contribution in [-0.2, 0) is 11.3 Å². The van der Waals surface area contributed by atoms with Gasteiger partial charge in [0.05, 0.1) is 0 Å². The molecule has 28 heavy (non-hydrogen) atoms. The van der Waals surface area contributed by atoms with E-state index >= 15 is 0 Å². The Bertz CT molecular complexity index is 771. The van der Waals surface area contributed by atoms with Crippen molar-refractivity contribution in [3.8, 4) is 0 Å². The molecule has 1 amide bonds. The van der Waals surface area contributed by atoms with Crippen LogP contribution in [0.3, 0.4) is 0 Å². The molecule has 0 radical (unpaired) electrons. The molecule has 0 N–H and O–H groups in total. The number of amides is 1. The summed E-state index contributed by atoms with van der Waals surface area (Å²) < 4.78 is 5.44. The summed E-state index contributed by atoms with van der Waals surface area (Å²) in [4.78, 5) is 27.6. The Hall–Kier alpha value is -2.83. The summed E-state index contributed by atoms with van der Waals surface area (Å²) in [7, 11) is 0. The quantitative estimate of drug-likeness (QED) is 0.812. The van der Waals surface area contributed by atoms with Crippen molar-refractivity contribution >= 4 is 17.7 Å². The fourth-order valence-electron chi connectivity index (χ4n) is 3.73. The van der Waals surface area contributed by atoms with Gasteiger partial charge < -0.3 is 19.4 Å². The third kappa shape index (κ3) is 4.52. The minimum Gasteiger partial charge on any atom is -0.445 e. The second kappa shape index (κ2) is 8.91. The molecule has 148 valence electrons. The first-order chi connectivity index (χ1) is 13.8. The molecule has 0 atom stereocenters. The third-order valence-electron chi connectivity index (χ3n) is 5.39. The number of carbonyl (C=O) groups excluding carboxylic acids is 1. The van der Waals surface area contributed by atoms with Crippen molar-refractivity contribution in [3.05, 3.63) is 48.3 Å². The van der Waals surface area contributed by atoms with E-state index < -0.39 is 0 Å². The highest BCUT2D eigenvalue weighted by atomic mass is 16.6. The van der Waals surface area contributed by atoms with Crippen LogP contribution in [-0.4, -0.2) is 60.2 Å². The van der Waals surface area contributed by atoms with Gasteiger partial charge in [-0.3, -0.25) is 0 Å². The molecule has 2 aromatic rings. The third-order valence-corrected chi connectivity index (χ3v) is 5.39. The maximum absolute atomic E-state index is 12.3. The maximum Gasteiger partial charge on any atom is 0.410 e. The van der Waals surface area contributed by atoms with Gasteiger partial charge in [0.25, 0.3) is 0 Å². The van der Waals surface area contributed by atoms with Crippen LogP contribution in [0.2, 0.25) is 0 Å². The number of benzene rings is 1. The molecular formula is C21H27N5O2. The summed E-state index contributed by atoms with van der Waals surface area (Å²) in [5.74, 6) is 1.95. The zero-order chi connectivity index (χ0) is 19.2. The second-order valence-corrected chi connectivity index (χ2v) is 7.30. The normalized spacial score (nSPS) is 17.5. The Morgan fingerprint density at radius 3 is 2.18 bits per heavy atom. The van der Waals surface area contributed by atoms with Crippen molar-refractivity contribution in [3.63, 3.8) is 0 Å². The zero-order valence-electron chi connectivity index (χ0n) is 16.2. The van der Waals surface area contributed by atoms with Crippen LogP contribution in [0, 0.1) is 0 Å². The molecule has 2 saturated heterocycles. The predicted octanol–water partition coefficient (Wildman–Crippen LogP) is 2.93. The Labute approximate surface area is 165 Å². The van der Waals surface area contributed by atoms with Crippen molar-refractivity contribution in [2.45, 2.75) is 25.9 Å². The monoisotopic (exact) mass is 381 g/mol. The Balaban J connectivity index is 1.29. The first-order valence-electron chi connectivity index (χ1n) is 10.1. The highest BCUT2D eigenvalue weighted by Crippen LogP contribution is 2.22. The van der Waals surface area contributed by atoms with Crippen LogP contribution in [0.4, 0.5) is 16.4 Å². The van der Waals surface area contributed by atoms with Gasteiger partial charge in [-0.25, -0.2) is 14.8 Å². The number of piperidine rings is 1. The van der Waals surface area contributed by atoms with Crippen LogP contribution in [0.25, 0.3) is 0 Å². The lowest BCUT2D eigenvalue weighted by atomic mass is 10.1. The molecular weight excluding hydrogens is 354 g/mol. The number of rotatable bonds is 4. The van der Waals surface area contributed by atoms with E-state index in [1.165, 1.54) is 19.3 Å². The number of hydrogen-bond acceptors (Lipinski definition) is 6. The van der Waals surface area contributed by atoms with Crippen LogP contribution in [0.1, 0.15) is 24.8 Å². The smallest absolute Gasteiger partial charge is 0.410 e. The molecule has 2 aliphatic heterocycles. The summed E-state index contributed by atoms with van der Waals surface area (Å²) in [5, 5.41) is 0. The van der Waals surface area contributed by atoms with Crippen molar-refractivity contribution in [1.29, 1.82) is 0 Å². The van der Waals surface area contributed by atoms with Crippen molar-refractivity contribution in [2.75, 3.05) is 49.1 Å².